The summed E-state index contributed by atoms with van der Waals surface area (Å²) in [5.41, 5.74) is -1.40. The van der Waals surface area contributed by atoms with Crippen molar-refractivity contribution in [1.29, 1.82) is 0 Å². The number of ether oxygens (including phenoxy) is 3. The van der Waals surface area contributed by atoms with Gasteiger partial charge in [0.2, 0.25) is 0 Å². The third kappa shape index (κ3) is 7.27. The first-order valence-electron chi connectivity index (χ1n) is 10.8. The van der Waals surface area contributed by atoms with Crippen LogP contribution in [0.2, 0.25) is 13.6 Å². The van der Waals surface area contributed by atoms with E-state index in [1.54, 1.807) is 18.5 Å². The summed E-state index contributed by atoms with van der Waals surface area (Å²) in [6, 6.07) is 0. The van der Waals surface area contributed by atoms with Crippen LogP contribution in [0.5, 0.6) is 0 Å². The first kappa shape index (κ1) is 30.0. The molecule has 0 aromatic carbocycles. The van der Waals surface area contributed by atoms with Crippen molar-refractivity contribution in [3.05, 3.63) is 0 Å². The van der Waals surface area contributed by atoms with Crippen LogP contribution >= 0.6 is 0 Å². The molecule has 2 atom stereocenters. The van der Waals surface area contributed by atoms with E-state index in [2.05, 4.69) is 0 Å². The van der Waals surface area contributed by atoms with E-state index < -0.39 is 25.2 Å². The number of carbonyl (C=O) groups is 2. The van der Waals surface area contributed by atoms with Crippen molar-refractivity contribution in [2.24, 2.45) is 0 Å². The average Bonchev–Trinajstić information content (AvgIpc) is 3.36. The Balaban J connectivity index is 0.000000567. The molecule has 9 nitrogen and oxygen atoms in total. The maximum Gasteiger partial charge on any atom is 0.377 e. The lowest BCUT2D eigenvalue weighted by Gasteiger charge is -2.36. The number of methoxy groups -OCH3 is 1. The van der Waals surface area contributed by atoms with E-state index in [0.29, 0.717) is 32.8 Å². The molecule has 2 saturated heterocycles. The van der Waals surface area contributed by atoms with Crippen molar-refractivity contribution in [1.82, 2.24) is 9.62 Å². The van der Waals surface area contributed by atoms with Crippen LogP contribution in [-0.2, 0) is 23.8 Å². The van der Waals surface area contributed by atoms with Gasteiger partial charge in [0, 0.05) is 13.2 Å². The van der Waals surface area contributed by atoms with Gasteiger partial charge >= 0.3 is 20.1 Å². The van der Waals surface area contributed by atoms with Crippen molar-refractivity contribution >= 4 is 26.4 Å². The molecule has 2 rings (SSSR count). The van der Waals surface area contributed by atoms with Gasteiger partial charge < -0.3 is 38.7 Å². The zero-order valence-electron chi connectivity index (χ0n) is 19.1. The predicted octanol–water partition coefficient (Wildman–Crippen LogP) is 0.944. The molecule has 0 aliphatic carbocycles. The van der Waals surface area contributed by atoms with Gasteiger partial charge in [0.1, 0.15) is 11.8 Å². The Hall–Kier alpha value is -0.970. The fourth-order valence-electron chi connectivity index (χ4n) is 4.41. The summed E-state index contributed by atoms with van der Waals surface area (Å²) in [6.07, 6.45) is 4.18. The summed E-state index contributed by atoms with van der Waals surface area (Å²) in [7, 11) is 0.124. The molecule has 2 fully saturated rings. The summed E-state index contributed by atoms with van der Waals surface area (Å²) in [4.78, 5) is 26.6. The lowest BCUT2D eigenvalue weighted by Crippen LogP contribution is -2.59. The molecular weight excluding hydrogens is 402 g/mol. The van der Waals surface area contributed by atoms with Gasteiger partial charge in [-0.25, -0.2) is 4.79 Å². The molecule has 11 heteroatoms. The predicted molar refractivity (Wildman–Crippen MR) is 123 cm³/mol. The summed E-state index contributed by atoms with van der Waals surface area (Å²) in [6.45, 7) is 10.4. The van der Waals surface area contributed by atoms with Gasteiger partial charge in [0.25, 0.3) is 0 Å². The van der Waals surface area contributed by atoms with E-state index in [9.17, 15) is 19.6 Å². The van der Waals surface area contributed by atoms with Crippen LogP contribution in [0.3, 0.4) is 0 Å². The fraction of sp³-hybridized carbons (Fsp3) is 0.900. The molecule has 31 heavy (non-hydrogen) atoms. The van der Waals surface area contributed by atoms with Crippen molar-refractivity contribution in [2.75, 3.05) is 46.6 Å². The van der Waals surface area contributed by atoms with E-state index >= 15 is 0 Å². The SMILES string of the molecule is C.CCOCC1(C(=O)OC)CCCN1B(C)O.CCOCC1(C=O)CCCN1B(C)O. The van der Waals surface area contributed by atoms with E-state index in [1.807, 2.05) is 18.7 Å². The maximum atomic E-state index is 11.9. The summed E-state index contributed by atoms with van der Waals surface area (Å²) in [5, 5.41) is 19.2. The molecule has 0 aromatic heterocycles. The molecule has 0 spiro atoms. The minimum absolute atomic E-state index is 0. The second-order valence-corrected chi connectivity index (χ2v) is 7.88. The van der Waals surface area contributed by atoms with Crippen LogP contribution in [0.25, 0.3) is 0 Å². The largest absolute Gasteiger partial charge is 0.468 e. The van der Waals surface area contributed by atoms with Crippen molar-refractivity contribution in [2.45, 2.75) is 71.7 Å². The van der Waals surface area contributed by atoms with Gasteiger partial charge in [-0.2, -0.15) is 0 Å². The first-order chi connectivity index (χ1) is 14.2. The van der Waals surface area contributed by atoms with E-state index in [1.165, 1.54) is 7.11 Å². The normalized spacial score (nSPS) is 25.9. The topological polar surface area (TPSA) is 109 Å². The lowest BCUT2D eigenvalue weighted by atomic mass is 9.79. The highest BCUT2D eigenvalue weighted by Gasteiger charge is 2.51. The highest BCUT2D eigenvalue weighted by molar-refractivity contribution is 6.46. The highest BCUT2D eigenvalue weighted by atomic mass is 16.5. The van der Waals surface area contributed by atoms with Gasteiger partial charge in [-0.1, -0.05) is 7.43 Å². The van der Waals surface area contributed by atoms with Crippen LogP contribution in [0.15, 0.2) is 0 Å². The van der Waals surface area contributed by atoms with E-state index in [-0.39, 0.29) is 20.0 Å². The van der Waals surface area contributed by atoms with Crippen LogP contribution in [0.4, 0.5) is 0 Å². The Morgan fingerprint density at radius 1 is 1.00 bits per heavy atom. The molecule has 0 radical (unpaired) electrons. The van der Waals surface area contributed by atoms with Crippen LogP contribution in [0.1, 0.15) is 47.0 Å². The second-order valence-electron chi connectivity index (χ2n) is 7.88. The van der Waals surface area contributed by atoms with Gasteiger partial charge in [-0.05, 0) is 66.3 Å². The molecule has 2 N–H and O–H groups in total. The minimum Gasteiger partial charge on any atom is -0.468 e. The Kier molecular flexibility index (Phi) is 13.8. The van der Waals surface area contributed by atoms with Gasteiger partial charge in [0.15, 0.2) is 0 Å². The Morgan fingerprint density at radius 2 is 1.52 bits per heavy atom. The van der Waals surface area contributed by atoms with E-state index in [4.69, 9.17) is 14.2 Å². The molecule has 2 heterocycles. The Morgan fingerprint density at radius 3 is 2.00 bits per heavy atom. The monoisotopic (exact) mass is 444 g/mol. The highest BCUT2D eigenvalue weighted by Crippen LogP contribution is 2.31. The zero-order chi connectivity index (χ0) is 22.8. The fourth-order valence-corrected chi connectivity index (χ4v) is 4.41. The van der Waals surface area contributed by atoms with Crippen molar-refractivity contribution in [3.8, 4) is 0 Å². The molecule has 2 aliphatic rings. The van der Waals surface area contributed by atoms with Crippen molar-refractivity contribution in [3.63, 3.8) is 0 Å². The molecule has 2 aliphatic heterocycles. The van der Waals surface area contributed by atoms with Crippen LogP contribution < -0.4 is 0 Å². The number of aldehydes is 1. The van der Waals surface area contributed by atoms with Crippen LogP contribution in [0, 0.1) is 0 Å². The second kappa shape index (κ2) is 14.2. The number of carbonyl (C=O) groups excluding carboxylic acids is 2. The minimum atomic E-state index is -0.807. The van der Waals surface area contributed by atoms with Gasteiger partial charge in [0.05, 0.1) is 25.9 Å². The molecule has 0 aromatic rings. The molecule has 0 amide bonds. The molecule has 180 valence electrons. The third-order valence-electron chi connectivity index (χ3n) is 5.91. The number of rotatable bonds is 10. The quantitative estimate of drug-likeness (QED) is 0.289. The third-order valence-corrected chi connectivity index (χ3v) is 5.91. The molecule has 0 bridgehead atoms. The van der Waals surface area contributed by atoms with E-state index in [0.717, 1.165) is 32.1 Å². The number of esters is 1. The average molecular weight is 444 g/mol. The number of nitrogens with zero attached hydrogens (tertiary/aromatic N) is 2. The Labute approximate surface area is 188 Å². The van der Waals surface area contributed by atoms with Gasteiger partial charge in [-0.3, -0.25) is 0 Å². The zero-order valence-corrected chi connectivity index (χ0v) is 19.1. The van der Waals surface area contributed by atoms with Gasteiger partial charge in [-0.15, -0.1) is 0 Å². The number of hydrogen-bond acceptors (Lipinski definition) is 9. The Bertz CT molecular complexity index is 542. The summed E-state index contributed by atoms with van der Waals surface area (Å²) in [5.74, 6) is -0.320. The lowest BCUT2D eigenvalue weighted by molar-refractivity contribution is -0.155. The van der Waals surface area contributed by atoms with Crippen molar-refractivity contribution < 1.29 is 33.8 Å². The number of hydrogen-bond donors (Lipinski definition) is 2. The molecule has 0 saturated carbocycles. The summed E-state index contributed by atoms with van der Waals surface area (Å²) < 4.78 is 15.5. The summed E-state index contributed by atoms with van der Waals surface area (Å²) >= 11 is 0. The smallest absolute Gasteiger partial charge is 0.377 e. The molecule has 2 unspecified atom stereocenters. The van der Waals surface area contributed by atoms with Crippen LogP contribution in [-0.4, -0.2) is 104 Å². The molecular formula is C20H42B2N2O7. The standard InChI is InChI=1S/C10H20BNO4.C9H18BNO3.CH4/c1-4-16-8-10(9(13)15-3)6-5-7-12(10)11(2)14;1-3-14-8-9(7-12)5-4-6-11(9)10(2)13;/h14H,4-8H2,1-3H3;7,13H,3-6,8H2,1-2H3;1H4. The maximum absolute atomic E-state index is 11.9. The first-order valence-corrected chi connectivity index (χ1v) is 10.8.